The third-order valence-corrected chi connectivity index (χ3v) is 5.84. The van der Waals surface area contributed by atoms with E-state index in [2.05, 4.69) is 0 Å². The minimum Gasteiger partial charge on any atom is -0.308 e. The minimum absolute atomic E-state index is 0.178. The smallest absolute Gasteiger partial charge is 0.308 e. The molecular weight excluding hydrogens is 223 g/mol. The third kappa shape index (κ3) is 3.73. The zero-order valence-electron chi connectivity index (χ0n) is 8.98. The normalized spacial score (nSPS) is 14.0. The predicted octanol–water partition coefficient (Wildman–Crippen LogP) is 2.53. The van der Waals surface area contributed by atoms with Gasteiger partial charge in [0.15, 0.2) is 10.8 Å². The van der Waals surface area contributed by atoms with E-state index in [0.29, 0.717) is 0 Å². The van der Waals surface area contributed by atoms with Gasteiger partial charge in [-0.1, -0.05) is 0 Å². The molecule has 0 aromatic heterocycles. The SMILES string of the molecule is CCOP(=O)(OCC)C(SC)C(C)=O. The van der Waals surface area contributed by atoms with Crippen molar-refractivity contribution in [1.29, 1.82) is 0 Å². The Morgan fingerprint density at radius 1 is 1.36 bits per heavy atom. The maximum atomic E-state index is 12.1. The number of thioether (sulfide) groups is 1. The Labute approximate surface area is 89.3 Å². The van der Waals surface area contributed by atoms with E-state index in [1.807, 2.05) is 0 Å². The first kappa shape index (κ1) is 14.2. The Morgan fingerprint density at radius 3 is 2.00 bits per heavy atom. The van der Waals surface area contributed by atoms with E-state index >= 15 is 0 Å². The van der Waals surface area contributed by atoms with Gasteiger partial charge in [-0.05, 0) is 27.0 Å². The summed E-state index contributed by atoms with van der Waals surface area (Å²) in [6.07, 6.45) is 1.72. The lowest BCUT2D eigenvalue weighted by molar-refractivity contribution is -0.115. The highest BCUT2D eigenvalue weighted by Crippen LogP contribution is 2.56. The first-order chi connectivity index (χ1) is 6.51. The van der Waals surface area contributed by atoms with Crippen LogP contribution in [0.4, 0.5) is 0 Å². The van der Waals surface area contributed by atoms with Crippen molar-refractivity contribution < 1.29 is 18.4 Å². The van der Waals surface area contributed by atoms with Crippen LogP contribution in [0, 0.1) is 0 Å². The van der Waals surface area contributed by atoms with Crippen LogP contribution in [0.2, 0.25) is 0 Å². The Bertz CT molecular complexity index is 221. The Balaban J connectivity index is 4.76. The van der Waals surface area contributed by atoms with Gasteiger partial charge >= 0.3 is 7.60 Å². The van der Waals surface area contributed by atoms with Crippen LogP contribution >= 0.6 is 19.4 Å². The topological polar surface area (TPSA) is 52.6 Å². The van der Waals surface area contributed by atoms with Gasteiger partial charge in [0, 0.05) is 0 Å². The van der Waals surface area contributed by atoms with E-state index in [1.165, 1.54) is 18.7 Å². The fourth-order valence-electron chi connectivity index (χ4n) is 1.05. The van der Waals surface area contributed by atoms with Crippen molar-refractivity contribution in [3.63, 3.8) is 0 Å². The molecule has 14 heavy (non-hydrogen) atoms. The maximum absolute atomic E-state index is 12.1. The van der Waals surface area contributed by atoms with Gasteiger partial charge < -0.3 is 9.05 Å². The van der Waals surface area contributed by atoms with Crippen molar-refractivity contribution in [2.24, 2.45) is 0 Å². The average Bonchev–Trinajstić information content (AvgIpc) is 2.04. The molecule has 0 saturated heterocycles. The van der Waals surface area contributed by atoms with E-state index < -0.39 is 12.6 Å². The Kier molecular flexibility index (Phi) is 6.70. The van der Waals surface area contributed by atoms with Gasteiger partial charge in [-0.2, -0.15) is 0 Å². The summed E-state index contributed by atoms with van der Waals surface area (Å²) in [5.74, 6) is -0.178. The fraction of sp³-hybridized carbons (Fsp3) is 0.875. The van der Waals surface area contributed by atoms with E-state index in [-0.39, 0.29) is 19.0 Å². The van der Waals surface area contributed by atoms with Gasteiger partial charge in [0.05, 0.1) is 13.2 Å². The van der Waals surface area contributed by atoms with Crippen LogP contribution in [0.25, 0.3) is 0 Å². The molecule has 0 aliphatic carbocycles. The highest BCUT2D eigenvalue weighted by Gasteiger charge is 2.38. The average molecular weight is 240 g/mol. The van der Waals surface area contributed by atoms with Gasteiger partial charge in [-0.15, -0.1) is 11.8 Å². The molecule has 0 rings (SSSR count). The van der Waals surface area contributed by atoms with Crippen LogP contribution in [-0.4, -0.2) is 30.2 Å². The lowest BCUT2D eigenvalue weighted by Gasteiger charge is -2.22. The Morgan fingerprint density at radius 2 is 1.79 bits per heavy atom. The summed E-state index contributed by atoms with van der Waals surface area (Å²) in [6.45, 7) is 5.40. The summed E-state index contributed by atoms with van der Waals surface area (Å²) in [6, 6.07) is 0. The number of ketones is 1. The van der Waals surface area contributed by atoms with Gasteiger partial charge in [0.25, 0.3) is 0 Å². The van der Waals surface area contributed by atoms with E-state index in [4.69, 9.17) is 9.05 Å². The van der Waals surface area contributed by atoms with Crippen molar-refractivity contribution >= 4 is 25.1 Å². The number of hydrogen-bond acceptors (Lipinski definition) is 5. The van der Waals surface area contributed by atoms with E-state index in [0.717, 1.165) is 0 Å². The zero-order valence-corrected chi connectivity index (χ0v) is 10.7. The molecule has 0 spiro atoms. The van der Waals surface area contributed by atoms with Crippen LogP contribution in [0.15, 0.2) is 0 Å². The van der Waals surface area contributed by atoms with Gasteiger partial charge in [-0.25, -0.2) is 0 Å². The van der Waals surface area contributed by atoms with Crippen LogP contribution in [0.5, 0.6) is 0 Å². The number of hydrogen-bond donors (Lipinski definition) is 0. The highest BCUT2D eigenvalue weighted by molar-refractivity contribution is 8.05. The fourth-order valence-corrected chi connectivity index (χ4v) is 4.29. The largest absolute Gasteiger partial charge is 0.350 e. The molecule has 1 unspecified atom stereocenters. The number of carbonyl (C=O) groups is 1. The molecule has 0 aromatic carbocycles. The highest BCUT2D eigenvalue weighted by atomic mass is 32.2. The zero-order chi connectivity index (χ0) is 11.2. The van der Waals surface area contributed by atoms with Crippen molar-refractivity contribution in [3.8, 4) is 0 Å². The molecule has 0 N–H and O–H groups in total. The quantitative estimate of drug-likeness (QED) is 0.640. The molecule has 0 bridgehead atoms. The second-order valence-corrected chi connectivity index (χ2v) is 5.98. The monoisotopic (exact) mass is 240 g/mol. The first-order valence-corrected chi connectivity index (χ1v) is 7.33. The molecule has 0 radical (unpaired) electrons. The molecule has 6 heteroatoms. The molecule has 0 aromatic rings. The molecule has 4 nitrogen and oxygen atoms in total. The molecule has 0 aliphatic heterocycles. The molecule has 0 heterocycles. The summed E-state index contributed by atoms with van der Waals surface area (Å²) in [4.78, 5) is 10.5. The van der Waals surface area contributed by atoms with Crippen LogP contribution in [0.1, 0.15) is 20.8 Å². The van der Waals surface area contributed by atoms with Gasteiger partial charge in [-0.3, -0.25) is 9.36 Å². The second kappa shape index (κ2) is 6.62. The van der Waals surface area contributed by atoms with Crippen molar-refractivity contribution in [3.05, 3.63) is 0 Å². The van der Waals surface area contributed by atoms with E-state index in [1.54, 1.807) is 20.1 Å². The summed E-state index contributed by atoms with van der Waals surface area (Å²) in [5.41, 5.74) is 0. The molecule has 0 amide bonds. The van der Waals surface area contributed by atoms with Gasteiger partial charge in [0.2, 0.25) is 0 Å². The van der Waals surface area contributed by atoms with Crippen LogP contribution < -0.4 is 0 Å². The molecule has 84 valence electrons. The van der Waals surface area contributed by atoms with Crippen LogP contribution in [0.3, 0.4) is 0 Å². The molecule has 0 fully saturated rings. The summed E-state index contributed by atoms with van der Waals surface area (Å²) < 4.78 is 22.3. The summed E-state index contributed by atoms with van der Waals surface area (Å²) in [7, 11) is -3.27. The third-order valence-electron chi connectivity index (χ3n) is 1.48. The lowest BCUT2D eigenvalue weighted by atomic mass is 10.5. The van der Waals surface area contributed by atoms with Crippen molar-refractivity contribution in [2.75, 3.05) is 19.5 Å². The van der Waals surface area contributed by atoms with E-state index in [9.17, 15) is 9.36 Å². The maximum Gasteiger partial charge on any atom is 0.350 e. The van der Waals surface area contributed by atoms with Crippen molar-refractivity contribution in [2.45, 2.75) is 25.8 Å². The summed E-state index contributed by atoms with van der Waals surface area (Å²) in [5, 5.41) is 0. The second-order valence-electron chi connectivity index (χ2n) is 2.57. The van der Waals surface area contributed by atoms with Gasteiger partial charge in [0.1, 0.15) is 0 Å². The standard InChI is InChI=1S/C8H17O4PS/c1-5-11-13(10,12-6-2)8(14-4)7(3)9/h8H,5-6H2,1-4H3. The molecule has 0 aliphatic rings. The molecular formula is C8H17O4PS. The molecule has 1 atom stereocenters. The van der Waals surface area contributed by atoms with Crippen molar-refractivity contribution in [1.82, 2.24) is 0 Å². The Hall–Kier alpha value is 0.170. The first-order valence-electron chi connectivity index (χ1n) is 4.43. The summed E-state index contributed by atoms with van der Waals surface area (Å²) >= 11 is 1.20. The number of carbonyl (C=O) groups excluding carboxylic acids is 1. The number of Topliss-reactive ketones (excluding diaryl/α,β-unsaturated/α-hetero) is 1. The lowest BCUT2D eigenvalue weighted by Crippen LogP contribution is -2.17. The minimum atomic E-state index is -3.27. The number of rotatable bonds is 7. The predicted molar refractivity (Wildman–Crippen MR) is 58.8 cm³/mol. The van der Waals surface area contributed by atoms with Crippen LogP contribution in [-0.2, 0) is 18.4 Å². The molecule has 0 saturated carbocycles.